The number of hydrogen-bond acceptors (Lipinski definition) is 5. The van der Waals surface area contributed by atoms with Crippen molar-refractivity contribution in [1.29, 1.82) is 0 Å². The van der Waals surface area contributed by atoms with Crippen molar-refractivity contribution in [3.63, 3.8) is 0 Å². The van der Waals surface area contributed by atoms with E-state index in [4.69, 9.17) is 5.73 Å². The Morgan fingerprint density at radius 2 is 1.92 bits per heavy atom. The van der Waals surface area contributed by atoms with Crippen LogP contribution in [0.4, 0.5) is 0 Å². The molecule has 1 saturated heterocycles. The van der Waals surface area contributed by atoms with Crippen LogP contribution in [-0.4, -0.2) is 63.5 Å². The number of benzene rings is 1. The maximum Gasteiger partial charge on any atom is 0.252 e. The monoisotopic (exact) mass is 350 g/mol. The van der Waals surface area contributed by atoms with Crippen molar-refractivity contribution in [2.24, 2.45) is 5.73 Å². The van der Waals surface area contributed by atoms with Crippen LogP contribution >= 0.6 is 0 Å². The molecule has 7 nitrogen and oxygen atoms in total. The number of nitrogens with two attached hydrogens (primary N) is 1. The molecule has 0 atom stereocenters. The third kappa shape index (κ3) is 2.95. The molecular weight excluding hydrogens is 328 g/mol. The Hall–Kier alpha value is -2.77. The number of likely N-dealkylation sites (N-methyl/N-ethyl adjacent to an activating group) is 1. The average Bonchev–Trinajstić information content (AvgIpc) is 3.06. The molecule has 1 fully saturated rings. The molecule has 3 aromatic rings. The summed E-state index contributed by atoms with van der Waals surface area (Å²) in [5.74, 6) is -0.504. The minimum atomic E-state index is -0.504. The number of likely N-dealkylation sites (tertiary alicyclic amines) is 1. The zero-order valence-electron chi connectivity index (χ0n) is 15.0. The van der Waals surface area contributed by atoms with Crippen molar-refractivity contribution in [3.05, 3.63) is 53.9 Å². The average molecular weight is 350 g/mol. The van der Waals surface area contributed by atoms with Gasteiger partial charge in [-0.25, -0.2) is 9.50 Å². The highest BCUT2D eigenvalue weighted by Crippen LogP contribution is 2.23. The second-order valence-corrected chi connectivity index (χ2v) is 7.00. The zero-order valence-corrected chi connectivity index (χ0v) is 15.0. The summed E-state index contributed by atoms with van der Waals surface area (Å²) in [6.07, 6.45) is 1.44. The van der Waals surface area contributed by atoms with Crippen molar-refractivity contribution in [2.45, 2.75) is 12.6 Å². The van der Waals surface area contributed by atoms with E-state index < -0.39 is 5.91 Å². The number of hydrogen-bond donors (Lipinski definition) is 1. The van der Waals surface area contributed by atoms with Crippen molar-refractivity contribution in [1.82, 2.24) is 24.4 Å². The summed E-state index contributed by atoms with van der Waals surface area (Å²) in [4.78, 5) is 20.4. The first-order valence-electron chi connectivity index (χ1n) is 8.63. The number of pyridine rings is 1. The number of carbonyl (C=O) groups is 1. The highest BCUT2D eigenvalue weighted by molar-refractivity contribution is 5.99. The van der Waals surface area contributed by atoms with E-state index >= 15 is 0 Å². The Morgan fingerprint density at radius 3 is 2.58 bits per heavy atom. The van der Waals surface area contributed by atoms with E-state index in [1.807, 2.05) is 6.07 Å². The second kappa shape index (κ2) is 6.51. The van der Waals surface area contributed by atoms with Crippen LogP contribution in [0.5, 0.6) is 0 Å². The van der Waals surface area contributed by atoms with Crippen LogP contribution in [0.1, 0.15) is 15.9 Å². The highest BCUT2D eigenvalue weighted by Gasteiger charge is 2.27. The molecule has 1 aliphatic rings. The predicted molar refractivity (Wildman–Crippen MR) is 99.7 cm³/mol. The summed E-state index contributed by atoms with van der Waals surface area (Å²) in [6, 6.07) is 12.7. The molecular formula is C19H22N6O. The number of amides is 1. The van der Waals surface area contributed by atoms with Crippen LogP contribution in [0.25, 0.3) is 16.9 Å². The van der Waals surface area contributed by atoms with E-state index in [0.717, 1.165) is 30.9 Å². The maximum absolute atomic E-state index is 11.5. The van der Waals surface area contributed by atoms with Gasteiger partial charge in [-0.1, -0.05) is 24.3 Å². The Labute approximate surface area is 152 Å². The first-order valence-corrected chi connectivity index (χ1v) is 8.63. The van der Waals surface area contributed by atoms with Gasteiger partial charge in [-0.15, -0.1) is 0 Å². The number of carbonyl (C=O) groups excluding carboxylic acids is 1. The second-order valence-electron chi connectivity index (χ2n) is 7.00. The number of rotatable bonds is 5. The summed E-state index contributed by atoms with van der Waals surface area (Å²) in [7, 11) is 4.26. The molecule has 2 aromatic heterocycles. The fraction of sp³-hybridized carbons (Fsp3) is 0.316. The fourth-order valence-corrected chi connectivity index (χ4v) is 3.36. The third-order valence-electron chi connectivity index (χ3n) is 5.01. The van der Waals surface area contributed by atoms with Crippen LogP contribution in [0.3, 0.4) is 0 Å². The Balaban J connectivity index is 1.54. The largest absolute Gasteiger partial charge is 0.365 e. The normalized spacial score (nSPS) is 15.5. The molecule has 0 spiro atoms. The van der Waals surface area contributed by atoms with E-state index in [0.29, 0.717) is 17.3 Å². The number of fused-ring (bicyclic) bond motifs is 1. The van der Waals surface area contributed by atoms with Gasteiger partial charge in [0.15, 0.2) is 5.65 Å². The molecule has 26 heavy (non-hydrogen) atoms. The molecule has 0 aliphatic carbocycles. The Kier molecular flexibility index (Phi) is 4.18. The van der Waals surface area contributed by atoms with Crippen molar-refractivity contribution in [3.8, 4) is 11.3 Å². The van der Waals surface area contributed by atoms with E-state index in [9.17, 15) is 4.79 Å². The van der Waals surface area contributed by atoms with Gasteiger partial charge in [-0.3, -0.25) is 9.69 Å². The molecule has 0 bridgehead atoms. The summed E-state index contributed by atoms with van der Waals surface area (Å²) in [5, 5.41) is 4.24. The van der Waals surface area contributed by atoms with Crippen LogP contribution in [-0.2, 0) is 6.54 Å². The van der Waals surface area contributed by atoms with E-state index in [2.05, 4.69) is 58.2 Å². The molecule has 0 radical (unpaired) electrons. The SMILES string of the molecule is CN(C)C1CN(Cc2ccc(-c3ccc(C(N)=O)c4ncnn34)cc2)C1. The lowest BCUT2D eigenvalue weighted by atomic mass is 10.0. The quantitative estimate of drug-likeness (QED) is 0.749. The van der Waals surface area contributed by atoms with Crippen molar-refractivity contribution >= 4 is 11.6 Å². The summed E-state index contributed by atoms with van der Waals surface area (Å²) in [6.45, 7) is 3.19. The van der Waals surface area contributed by atoms with Gasteiger partial charge in [0.2, 0.25) is 0 Å². The molecule has 1 aliphatic heterocycles. The molecule has 4 rings (SSSR count). The van der Waals surface area contributed by atoms with Gasteiger partial charge in [0.1, 0.15) is 6.33 Å². The molecule has 134 valence electrons. The van der Waals surface area contributed by atoms with E-state index in [1.165, 1.54) is 11.9 Å². The third-order valence-corrected chi connectivity index (χ3v) is 5.01. The summed E-state index contributed by atoms with van der Waals surface area (Å²) < 4.78 is 1.66. The minimum absolute atomic E-state index is 0.371. The number of aromatic nitrogens is 3. The van der Waals surface area contributed by atoms with Gasteiger partial charge in [0, 0.05) is 31.2 Å². The highest BCUT2D eigenvalue weighted by atomic mass is 16.1. The molecule has 2 N–H and O–H groups in total. The first kappa shape index (κ1) is 16.7. The molecule has 1 aromatic carbocycles. The first-order chi connectivity index (χ1) is 12.5. The minimum Gasteiger partial charge on any atom is -0.365 e. The molecule has 0 unspecified atom stereocenters. The van der Waals surface area contributed by atoms with Crippen molar-refractivity contribution in [2.75, 3.05) is 27.2 Å². The van der Waals surface area contributed by atoms with Gasteiger partial charge < -0.3 is 10.6 Å². The van der Waals surface area contributed by atoms with Crippen LogP contribution < -0.4 is 5.73 Å². The number of primary amides is 1. The number of nitrogens with zero attached hydrogens (tertiary/aromatic N) is 5. The molecule has 1 amide bonds. The zero-order chi connectivity index (χ0) is 18.3. The van der Waals surface area contributed by atoms with Crippen LogP contribution in [0.2, 0.25) is 0 Å². The summed E-state index contributed by atoms with van der Waals surface area (Å²) in [5.41, 5.74) is 9.46. The van der Waals surface area contributed by atoms with Crippen molar-refractivity contribution < 1.29 is 4.79 Å². The van der Waals surface area contributed by atoms with E-state index in [-0.39, 0.29) is 0 Å². The Morgan fingerprint density at radius 1 is 1.19 bits per heavy atom. The van der Waals surface area contributed by atoms with Gasteiger partial charge in [-0.2, -0.15) is 5.10 Å². The lowest BCUT2D eigenvalue weighted by Gasteiger charge is -2.42. The molecule has 0 saturated carbocycles. The van der Waals surface area contributed by atoms with Gasteiger partial charge >= 0.3 is 0 Å². The predicted octanol–water partition coefficient (Wildman–Crippen LogP) is 1.24. The van der Waals surface area contributed by atoms with Gasteiger partial charge in [0.25, 0.3) is 5.91 Å². The topological polar surface area (TPSA) is 79.8 Å². The lowest BCUT2D eigenvalue weighted by Crippen LogP contribution is -2.56. The smallest absolute Gasteiger partial charge is 0.252 e. The molecule has 7 heteroatoms. The van der Waals surface area contributed by atoms with E-state index in [1.54, 1.807) is 10.6 Å². The standard InChI is InChI=1S/C19H22N6O/c1-23(2)15-10-24(11-15)9-13-3-5-14(6-4-13)17-8-7-16(18(20)26)19-21-12-22-25(17)19/h3-8,12,15H,9-11H2,1-2H3,(H2,20,26). The van der Waals surface area contributed by atoms with Crippen LogP contribution in [0, 0.1) is 0 Å². The fourth-order valence-electron chi connectivity index (χ4n) is 3.36. The molecule has 3 heterocycles. The van der Waals surface area contributed by atoms with Gasteiger partial charge in [-0.05, 0) is 31.8 Å². The maximum atomic E-state index is 11.5. The lowest BCUT2D eigenvalue weighted by molar-refractivity contribution is 0.0574. The van der Waals surface area contributed by atoms with Gasteiger partial charge in [0.05, 0.1) is 11.3 Å². The Bertz CT molecular complexity index is 940. The van der Waals surface area contributed by atoms with Crippen LogP contribution in [0.15, 0.2) is 42.7 Å². The summed E-state index contributed by atoms with van der Waals surface area (Å²) >= 11 is 0.